The van der Waals surface area contributed by atoms with E-state index < -0.39 is 17.9 Å². The van der Waals surface area contributed by atoms with Crippen molar-refractivity contribution < 1.29 is 19.4 Å². The number of carbonyl (C=O) groups excluding carboxylic acids is 1. The first-order valence-electron chi connectivity index (χ1n) is 9.04. The molecule has 1 atom stereocenters. The Hall–Kier alpha value is -3.35. The minimum absolute atomic E-state index is 0.223. The number of aryl methyl sites for hydroxylation is 1. The number of carboxylic acids is 1. The van der Waals surface area contributed by atoms with Crippen LogP contribution in [-0.2, 0) is 11.4 Å². The number of rotatable bonds is 7. The average Bonchev–Trinajstić information content (AvgIpc) is 3.06. The van der Waals surface area contributed by atoms with Crippen LogP contribution in [0.2, 0.25) is 0 Å². The van der Waals surface area contributed by atoms with Gasteiger partial charge in [0, 0.05) is 18.0 Å². The third-order valence-electron chi connectivity index (χ3n) is 4.35. The van der Waals surface area contributed by atoms with Gasteiger partial charge in [-0.3, -0.25) is 4.79 Å². The minimum atomic E-state index is -1.06. The van der Waals surface area contributed by atoms with E-state index >= 15 is 0 Å². The SMILES string of the molecule is Cc1ccc2nc(COc3cccc(C(=O)N[C@@H](C(=O)O)C(C)C)c3)cn2c1. The van der Waals surface area contributed by atoms with Crippen molar-refractivity contribution in [3.8, 4) is 5.75 Å². The van der Waals surface area contributed by atoms with Crippen LogP contribution < -0.4 is 10.1 Å². The van der Waals surface area contributed by atoms with E-state index in [1.54, 1.807) is 38.1 Å². The lowest BCUT2D eigenvalue weighted by Gasteiger charge is -2.18. The van der Waals surface area contributed by atoms with E-state index in [-0.39, 0.29) is 12.5 Å². The van der Waals surface area contributed by atoms with Crippen LogP contribution in [0.15, 0.2) is 48.8 Å². The average molecular weight is 381 g/mol. The molecular weight excluding hydrogens is 358 g/mol. The molecule has 7 nitrogen and oxygen atoms in total. The predicted molar refractivity (Wildman–Crippen MR) is 104 cm³/mol. The quantitative estimate of drug-likeness (QED) is 0.656. The second-order valence-corrected chi connectivity index (χ2v) is 7.05. The molecule has 0 radical (unpaired) electrons. The van der Waals surface area contributed by atoms with Crippen LogP contribution in [0.5, 0.6) is 5.75 Å². The van der Waals surface area contributed by atoms with Gasteiger partial charge in [0.25, 0.3) is 5.91 Å². The monoisotopic (exact) mass is 381 g/mol. The van der Waals surface area contributed by atoms with Gasteiger partial charge >= 0.3 is 5.97 Å². The first kappa shape index (κ1) is 19.4. The van der Waals surface area contributed by atoms with Crippen LogP contribution in [-0.4, -0.2) is 32.4 Å². The number of aromatic nitrogens is 2. The van der Waals surface area contributed by atoms with Crippen molar-refractivity contribution in [3.63, 3.8) is 0 Å². The van der Waals surface area contributed by atoms with Crippen molar-refractivity contribution in [3.05, 3.63) is 65.6 Å². The zero-order valence-corrected chi connectivity index (χ0v) is 16.0. The zero-order chi connectivity index (χ0) is 20.3. The Bertz CT molecular complexity index is 1010. The van der Waals surface area contributed by atoms with Crippen LogP contribution in [0, 0.1) is 12.8 Å². The topological polar surface area (TPSA) is 92.9 Å². The number of ether oxygens (including phenoxy) is 1. The summed E-state index contributed by atoms with van der Waals surface area (Å²) in [6, 6.07) is 9.65. The molecule has 0 unspecified atom stereocenters. The molecule has 0 aliphatic rings. The number of aliphatic carboxylic acids is 1. The van der Waals surface area contributed by atoms with Crippen LogP contribution in [0.3, 0.4) is 0 Å². The van der Waals surface area contributed by atoms with Crippen LogP contribution in [0.4, 0.5) is 0 Å². The maximum absolute atomic E-state index is 12.4. The van der Waals surface area contributed by atoms with Crippen molar-refractivity contribution >= 4 is 17.5 Å². The standard InChI is InChI=1S/C21H23N3O4/c1-13(2)19(21(26)27)23-20(25)15-5-4-6-17(9-15)28-12-16-11-24-10-14(3)7-8-18(24)22-16/h4-11,13,19H,12H2,1-3H3,(H,23,25)(H,26,27)/t19-/m1/s1. The van der Waals surface area contributed by atoms with E-state index in [1.807, 2.05) is 35.9 Å². The molecule has 2 heterocycles. The maximum Gasteiger partial charge on any atom is 0.326 e. The van der Waals surface area contributed by atoms with Gasteiger partial charge in [0.05, 0.1) is 5.69 Å². The number of fused-ring (bicyclic) bond motifs is 1. The first-order chi connectivity index (χ1) is 13.3. The molecule has 0 saturated heterocycles. The Labute approximate surface area is 163 Å². The van der Waals surface area contributed by atoms with E-state index in [0.717, 1.165) is 16.9 Å². The summed E-state index contributed by atoms with van der Waals surface area (Å²) in [5.74, 6) is -1.22. The summed E-state index contributed by atoms with van der Waals surface area (Å²) in [4.78, 5) is 28.2. The number of pyridine rings is 1. The number of amides is 1. The lowest BCUT2D eigenvalue weighted by atomic mass is 10.0. The maximum atomic E-state index is 12.4. The fraction of sp³-hybridized carbons (Fsp3) is 0.286. The highest BCUT2D eigenvalue weighted by atomic mass is 16.5. The summed E-state index contributed by atoms with van der Waals surface area (Å²) in [5, 5.41) is 11.8. The summed E-state index contributed by atoms with van der Waals surface area (Å²) >= 11 is 0. The summed E-state index contributed by atoms with van der Waals surface area (Å²) in [6.07, 6.45) is 3.89. The Morgan fingerprint density at radius 1 is 1.21 bits per heavy atom. The number of imidazole rings is 1. The van der Waals surface area contributed by atoms with Gasteiger partial charge in [0.1, 0.15) is 24.0 Å². The van der Waals surface area contributed by atoms with Crippen molar-refractivity contribution in [1.82, 2.24) is 14.7 Å². The van der Waals surface area contributed by atoms with Crippen molar-refractivity contribution in [2.75, 3.05) is 0 Å². The summed E-state index contributed by atoms with van der Waals surface area (Å²) < 4.78 is 7.71. The van der Waals surface area contributed by atoms with Crippen LogP contribution in [0.25, 0.3) is 5.65 Å². The molecule has 146 valence electrons. The molecule has 3 aromatic rings. The second-order valence-electron chi connectivity index (χ2n) is 7.05. The van der Waals surface area contributed by atoms with Crippen molar-refractivity contribution in [2.45, 2.75) is 33.4 Å². The zero-order valence-electron chi connectivity index (χ0n) is 16.0. The Balaban J connectivity index is 1.68. The van der Waals surface area contributed by atoms with Crippen LogP contribution in [0.1, 0.15) is 35.5 Å². The van der Waals surface area contributed by atoms with E-state index in [0.29, 0.717) is 11.3 Å². The molecule has 2 aromatic heterocycles. The fourth-order valence-corrected chi connectivity index (χ4v) is 2.85. The third kappa shape index (κ3) is 4.49. The van der Waals surface area contributed by atoms with Gasteiger partial charge < -0.3 is 19.6 Å². The van der Waals surface area contributed by atoms with Gasteiger partial charge in [-0.25, -0.2) is 9.78 Å². The van der Waals surface area contributed by atoms with Crippen molar-refractivity contribution in [1.29, 1.82) is 0 Å². The normalized spacial score (nSPS) is 12.1. The smallest absolute Gasteiger partial charge is 0.326 e. The number of nitrogens with one attached hydrogen (secondary N) is 1. The molecule has 0 aliphatic carbocycles. The summed E-state index contributed by atoms with van der Waals surface area (Å²) in [5.41, 5.74) is 3.09. The highest BCUT2D eigenvalue weighted by molar-refractivity contribution is 5.96. The van der Waals surface area contributed by atoms with E-state index in [9.17, 15) is 14.7 Å². The van der Waals surface area contributed by atoms with Gasteiger partial charge in [-0.2, -0.15) is 0 Å². The molecule has 1 amide bonds. The Kier molecular flexibility index (Phi) is 5.63. The lowest BCUT2D eigenvalue weighted by molar-refractivity contribution is -0.140. The number of benzene rings is 1. The lowest BCUT2D eigenvalue weighted by Crippen LogP contribution is -2.44. The molecule has 2 N–H and O–H groups in total. The highest BCUT2D eigenvalue weighted by Crippen LogP contribution is 2.16. The highest BCUT2D eigenvalue weighted by Gasteiger charge is 2.24. The van der Waals surface area contributed by atoms with Crippen molar-refractivity contribution in [2.24, 2.45) is 5.92 Å². The molecule has 7 heteroatoms. The van der Waals surface area contributed by atoms with Crippen LogP contribution >= 0.6 is 0 Å². The fourth-order valence-electron chi connectivity index (χ4n) is 2.85. The molecule has 28 heavy (non-hydrogen) atoms. The van der Waals surface area contributed by atoms with Gasteiger partial charge in [0.15, 0.2) is 0 Å². The summed E-state index contributed by atoms with van der Waals surface area (Å²) in [7, 11) is 0. The number of nitrogens with zero attached hydrogens (tertiary/aromatic N) is 2. The third-order valence-corrected chi connectivity index (χ3v) is 4.35. The molecule has 0 aliphatic heterocycles. The van der Waals surface area contributed by atoms with Gasteiger partial charge in [-0.15, -0.1) is 0 Å². The Morgan fingerprint density at radius 2 is 2.00 bits per heavy atom. The molecule has 0 saturated carbocycles. The Morgan fingerprint density at radius 3 is 2.71 bits per heavy atom. The van der Waals surface area contributed by atoms with Gasteiger partial charge in [-0.1, -0.05) is 26.0 Å². The molecule has 0 spiro atoms. The first-order valence-corrected chi connectivity index (χ1v) is 9.04. The molecular formula is C21H23N3O4. The summed E-state index contributed by atoms with van der Waals surface area (Å²) in [6.45, 7) is 5.76. The van der Waals surface area contributed by atoms with E-state index in [1.165, 1.54) is 0 Å². The predicted octanol–water partition coefficient (Wildman–Crippen LogP) is 3.06. The molecule has 0 bridgehead atoms. The molecule has 0 fully saturated rings. The second kappa shape index (κ2) is 8.12. The van der Waals surface area contributed by atoms with Gasteiger partial charge in [0.2, 0.25) is 0 Å². The molecule has 3 rings (SSSR count). The molecule has 1 aromatic carbocycles. The minimum Gasteiger partial charge on any atom is -0.487 e. The largest absolute Gasteiger partial charge is 0.487 e. The van der Waals surface area contributed by atoms with Gasteiger partial charge in [-0.05, 0) is 42.7 Å². The number of hydrogen-bond donors (Lipinski definition) is 2. The van der Waals surface area contributed by atoms with E-state index in [4.69, 9.17) is 4.74 Å². The number of carbonyl (C=O) groups is 2. The number of hydrogen-bond acceptors (Lipinski definition) is 4. The number of carboxylic acid groups (broad SMARTS) is 1. The van der Waals surface area contributed by atoms with E-state index in [2.05, 4.69) is 10.3 Å².